The van der Waals surface area contributed by atoms with Crippen LogP contribution in [0.1, 0.15) is 22.8 Å². The highest BCUT2D eigenvalue weighted by Crippen LogP contribution is 2.28. The first kappa shape index (κ1) is 16.9. The Balaban J connectivity index is 1.47. The van der Waals surface area contributed by atoms with E-state index in [1.165, 1.54) is 11.0 Å². The summed E-state index contributed by atoms with van der Waals surface area (Å²) >= 11 is 0. The maximum Gasteiger partial charge on any atom is 0.338 e. The summed E-state index contributed by atoms with van der Waals surface area (Å²) in [4.78, 5) is 26.9. The Morgan fingerprint density at radius 2 is 2.00 bits per heavy atom. The van der Waals surface area contributed by atoms with Crippen molar-refractivity contribution in [1.29, 1.82) is 0 Å². The molecule has 1 amide bonds. The van der Waals surface area contributed by atoms with Gasteiger partial charge in [0.05, 0.1) is 11.3 Å². The Morgan fingerprint density at radius 3 is 2.81 bits per heavy atom. The van der Waals surface area contributed by atoms with E-state index >= 15 is 0 Å². The highest BCUT2D eigenvalue weighted by Gasteiger charge is 2.30. The zero-order valence-electron chi connectivity index (χ0n) is 14.6. The molecule has 0 fully saturated rings. The number of esters is 1. The van der Waals surface area contributed by atoms with E-state index in [9.17, 15) is 9.59 Å². The van der Waals surface area contributed by atoms with Gasteiger partial charge in [0.25, 0.3) is 5.91 Å². The molecule has 1 aliphatic heterocycles. The lowest BCUT2D eigenvalue weighted by Gasteiger charge is -2.21. The van der Waals surface area contributed by atoms with Crippen molar-refractivity contribution in [3.05, 3.63) is 66.0 Å². The summed E-state index contributed by atoms with van der Waals surface area (Å²) in [6.07, 6.45) is 1.35. The maximum absolute atomic E-state index is 12.7. The minimum absolute atomic E-state index is 0.232. The molecule has 0 saturated carbocycles. The van der Waals surface area contributed by atoms with Crippen molar-refractivity contribution in [2.75, 3.05) is 11.4 Å². The molecule has 2 heterocycles. The summed E-state index contributed by atoms with van der Waals surface area (Å²) in [5.41, 5.74) is 2.95. The Morgan fingerprint density at radius 1 is 1.15 bits per heavy atom. The van der Waals surface area contributed by atoms with Crippen LogP contribution in [0.5, 0.6) is 0 Å². The molecule has 0 bridgehead atoms. The van der Waals surface area contributed by atoms with Gasteiger partial charge in [-0.25, -0.2) is 9.48 Å². The molecule has 3 aromatic rings. The third kappa shape index (κ3) is 3.29. The fourth-order valence-electron chi connectivity index (χ4n) is 3.12. The van der Waals surface area contributed by atoms with Crippen LogP contribution in [0.3, 0.4) is 0 Å². The van der Waals surface area contributed by atoms with Crippen LogP contribution < -0.4 is 4.90 Å². The zero-order valence-corrected chi connectivity index (χ0v) is 14.6. The normalized spacial score (nSPS) is 13.9. The van der Waals surface area contributed by atoms with Gasteiger partial charge in [0.1, 0.15) is 6.33 Å². The molecule has 1 aliphatic rings. The van der Waals surface area contributed by atoms with Crippen molar-refractivity contribution in [2.24, 2.45) is 0 Å². The molecule has 27 heavy (non-hydrogen) atoms. The summed E-state index contributed by atoms with van der Waals surface area (Å²) in [6.45, 7) is 2.18. The average Bonchev–Trinajstić information content (AvgIpc) is 3.37. The topological polar surface area (TPSA) is 90.2 Å². The van der Waals surface area contributed by atoms with Gasteiger partial charge >= 0.3 is 5.97 Å². The Bertz CT molecular complexity index is 987. The first-order chi connectivity index (χ1) is 13.1. The molecule has 0 aliphatic carbocycles. The van der Waals surface area contributed by atoms with Crippen LogP contribution in [0.4, 0.5) is 5.69 Å². The summed E-state index contributed by atoms with van der Waals surface area (Å²) in [5, 5.41) is 10.9. The highest BCUT2D eigenvalue weighted by molar-refractivity contribution is 6.00. The van der Waals surface area contributed by atoms with Gasteiger partial charge in [-0.15, -0.1) is 5.10 Å². The number of carbonyl (C=O) groups is 2. The van der Waals surface area contributed by atoms with Gasteiger partial charge < -0.3 is 9.64 Å². The number of benzene rings is 2. The van der Waals surface area contributed by atoms with E-state index in [1.807, 2.05) is 24.3 Å². The number of ether oxygens (including phenoxy) is 1. The Kier molecular flexibility index (Phi) is 4.37. The number of tetrazole rings is 1. The fraction of sp³-hybridized carbons (Fsp3) is 0.211. The molecule has 1 atom stereocenters. The van der Waals surface area contributed by atoms with Crippen LogP contribution >= 0.6 is 0 Å². The number of rotatable bonds is 4. The molecule has 4 rings (SSSR count). The van der Waals surface area contributed by atoms with Crippen molar-refractivity contribution in [2.45, 2.75) is 19.4 Å². The molecule has 0 saturated heterocycles. The van der Waals surface area contributed by atoms with Gasteiger partial charge in [-0.05, 0) is 53.6 Å². The Labute approximate surface area is 155 Å². The van der Waals surface area contributed by atoms with E-state index in [0.717, 1.165) is 17.7 Å². The SMILES string of the molecule is CC(OC(=O)c1cccc(-n2cnnn2)c1)C(=O)N1CCc2ccccc21. The van der Waals surface area contributed by atoms with Crippen molar-refractivity contribution in [3.63, 3.8) is 0 Å². The number of hydrogen-bond acceptors (Lipinski definition) is 6. The van der Waals surface area contributed by atoms with Gasteiger partial charge in [0, 0.05) is 12.2 Å². The quantitative estimate of drug-likeness (QED) is 0.657. The average molecular weight is 363 g/mol. The van der Waals surface area contributed by atoms with Crippen LogP contribution in [0.2, 0.25) is 0 Å². The summed E-state index contributed by atoms with van der Waals surface area (Å²) in [6, 6.07) is 14.5. The molecule has 8 nitrogen and oxygen atoms in total. The van der Waals surface area contributed by atoms with E-state index in [-0.39, 0.29) is 5.91 Å². The second kappa shape index (κ2) is 6.99. The number of nitrogens with zero attached hydrogens (tertiary/aromatic N) is 5. The number of hydrogen-bond donors (Lipinski definition) is 0. The molecule has 2 aromatic carbocycles. The van der Waals surface area contributed by atoms with Gasteiger partial charge in [-0.1, -0.05) is 24.3 Å². The van der Waals surface area contributed by atoms with Gasteiger partial charge in [0.15, 0.2) is 6.10 Å². The third-order valence-electron chi connectivity index (χ3n) is 4.48. The summed E-state index contributed by atoms with van der Waals surface area (Å²) in [7, 11) is 0. The lowest BCUT2D eigenvalue weighted by molar-refractivity contribution is -0.126. The van der Waals surface area contributed by atoms with Crippen molar-refractivity contribution >= 4 is 17.6 Å². The zero-order chi connectivity index (χ0) is 18.8. The maximum atomic E-state index is 12.7. The molecule has 0 radical (unpaired) electrons. The largest absolute Gasteiger partial charge is 0.449 e. The van der Waals surface area contributed by atoms with Crippen molar-refractivity contribution in [1.82, 2.24) is 20.2 Å². The molecule has 0 spiro atoms. The molecule has 136 valence electrons. The first-order valence-electron chi connectivity index (χ1n) is 8.57. The van der Waals surface area contributed by atoms with Crippen LogP contribution in [-0.2, 0) is 16.0 Å². The van der Waals surface area contributed by atoms with Crippen LogP contribution in [0, 0.1) is 0 Å². The molecule has 0 N–H and O–H groups in total. The molecular weight excluding hydrogens is 346 g/mol. The number of aromatic nitrogens is 4. The predicted molar refractivity (Wildman–Crippen MR) is 96.5 cm³/mol. The monoisotopic (exact) mass is 363 g/mol. The Hall–Kier alpha value is -3.55. The number of amides is 1. The van der Waals surface area contributed by atoms with Crippen molar-refractivity contribution in [3.8, 4) is 5.69 Å². The van der Waals surface area contributed by atoms with Crippen molar-refractivity contribution < 1.29 is 14.3 Å². The van der Waals surface area contributed by atoms with E-state index < -0.39 is 12.1 Å². The molecule has 1 unspecified atom stereocenters. The number of carbonyl (C=O) groups excluding carboxylic acids is 2. The second-order valence-electron chi connectivity index (χ2n) is 6.22. The van der Waals surface area contributed by atoms with Crippen LogP contribution in [0.15, 0.2) is 54.9 Å². The first-order valence-corrected chi connectivity index (χ1v) is 8.57. The second-order valence-corrected chi connectivity index (χ2v) is 6.22. The molecule has 1 aromatic heterocycles. The number of para-hydroxylation sites is 1. The highest BCUT2D eigenvalue weighted by atomic mass is 16.5. The lowest BCUT2D eigenvalue weighted by Crippen LogP contribution is -2.39. The number of anilines is 1. The molecule has 8 heteroatoms. The van der Waals surface area contributed by atoms with Crippen LogP contribution in [0.25, 0.3) is 5.69 Å². The third-order valence-corrected chi connectivity index (χ3v) is 4.48. The van der Waals surface area contributed by atoms with Gasteiger partial charge in [-0.2, -0.15) is 0 Å². The lowest BCUT2D eigenvalue weighted by atomic mass is 10.2. The standard InChI is InChI=1S/C19H17N5O3/c1-13(18(25)23-10-9-14-5-2-3-8-17(14)23)27-19(26)15-6-4-7-16(11-15)24-12-20-21-22-24/h2-8,11-13H,9-10H2,1H3. The van der Waals surface area contributed by atoms with E-state index in [2.05, 4.69) is 15.5 Å². The van der Waals surface area contributed by atoms with E-state index in [0.29, 0.717) is 17.8 Å². The van der Waals surface area contributed by atoms with Gasteiger partial charge in [0.2, 0.25) is 0 Å². The van der Waals surface area contributed by atoms with Crippen LogP contribution in [-0.4, -0.2) is 44.7 Å². The fourth-order valence-corrected chi connectivity index (χ4v) is 3.12. The van der Waals surface area contributed by atoms with E-state index in [1.54, 1.807) is 36.1 Å². The molecular formula is C19H17N5O3. The smallest absolute Gasteiger partial charge is 0.338 e. The predicted octanol–water partition coefficient (Wildman–Crippen LogP) is 1.80. The van der Waals surface area contributed by atoms with Gasteiger partial charge in [-0.3, -0.25) is 4.79 Å². The van der Waals surface area contributed by atoms with E-state index in [4.69, 9.17) is 4.74 Å². The number of fused-ring (bicyclic) bond motifs is 1. The summed E-state index contributed by atoms with van der Waals surface area (Å²) < 4.78 is 6.84. The minimum atomic E-state index is -0.889. The minimum Gasteiger partial charge on any atom is -0.449 e. The summed E-state index contributed by atoms with van der Waals surface area (Å²) in [5.74, 6) is -0.803.